The number of nitrogens with two attached hydrogens (primary N) is 1. The first kappa shape index (κ1) is 16.3. The topological polar surface area (TPSA) is 111 Å². The molecule has 0 radical (unpaired) electrons. The molecule has 0 unspecified atom stereocenters. The fourth-order valence-electron chi connectivity index (χ4n) is 1.38. The van der Waals surface area contributed by atoms with Crippen LogP contribution in [0.4, 0.5) is 5.69 Å². The minimum absolute atomic E-state index is 0.0197. The van der Waals surface area contributed by atoms with Crippen LogP contribution in [0.3, 0.4) is 0 Å². The highest BCUT2D eigenvalue weighted by molar-refractivity contribution is 7.89. The van der Waals surface area contributed by atoms with Gasteiger partial charge in [0.15, 0.2) is 0 Å². The van der Waals surface area contributed by atoms with Crippen molar-refractivity contribution >= 4 is 21.6 Å². The standard InChI is InChI=1S/C12H19N3O4S/c1-2-14-12(16)9-15-20(17,18)7-6-19-11-5-3-4-10(13)8-11/h3-5,8,15H,2,6-7,9,13H2,1H3,(H,14,16). The molecule has 1 aromatic rings. The van der Waals surface area contributed by atoms with E-state index in [9.17, 15) is 13.2 Å². The summed E-state index contributed by atoms with van der Waals surface area (Å²) in [5.41, 5.74) is 6.11. The Morgan fingerprint density at radius 1 is 1.40 bits per heavy atom. The molecule has 0 saturated carbocycles. The largest absolute Gasteiger partial charge is 0.492 e. The summed E-state index contributed by atoms with van der Waals surface area (Å²) in [4.78, 5) is 11.1. The van der Waals surface area contributed by atoms with Crippen LogP contribution in [-0.2, 0) is 14.8 Å². The predicted molar refractivity (Wildman–Crippen MR) is 76.8 cm³/mol. The number of anilines is 1. The van der Waals surface area contributed by atoms with Crippen LogP contribution in [0.15, 0.2) is 24.3 Å². The van der Waals surface area contributed by atoms with E-state index in [1.807, 2.05) is 0 Å². The summed E-state index contributed by atoms with van der Waals surface area (Å²) < 4.78 is 30.7. The number of carbonyl (C=O) groups excluding carboxylic acids is 1. The van der Waals surface area contributed by atoms with E-state index in [0.717, 1.165) is 0 Å². The molecule has 0 fully saturated rings. The van der Waals surface area contributed by atoms with Crippen LogP contribution in [0.25, 0.3) is 0 Å². The third-order valence-electron chi connectivity index (χ3n) is 2.31. The normalized spacial score (nSPS) is 11.1. The first-order valence-electron chi connectivity index (χ1n) is 6.15. The summed E-state index contributed by atoms with van der Waals surface area (Å²) in [5.74, 6) is -0.0990. The molecule has 0 saturated heterocycles. The molecule has 0 aliphatic carbocycles. The monoisotopic (exact) mass is 301 g/mol. The summed E-state index contributed by atoms with van der Waals surface area (Å²) in [7, 11) is -3.54. The van der Waals surface area contributed by atoms with Gasteiger partial charge in [0.25, 0.3) is 0 Å². The van der Waals surface area contributed by atoms with Crippen molar-refractivity contribution in [3.63, 3.8) is 0 Å². The number of hydrogen-bond acceptors (Lipinski definition) is 5. The maximum Gasteiger partial charge on any atom is 0.235 e. The molecular formula is C12H19N3O4S. The molecule has 0 aromatic heterocycles. The van der Waals surface area contributed by atoms with Crippen LogP contribution >= 0.6 is 0 Å². The molecule has 0 bridgehead atoms. The number of nitrogen functional groups attached to an aromatic ring is 1. The number of carbonyl (C=O) groups is 1. The highest BCUT2D eigenvalue weighted by Crippen LogP contribution is 2.14. The van der Waals surface area contributed by atoms with Gasteiger partial charge < -0.3 is 15.8 Å². The summed E-state index contributed by atoms with van der Waals surface area (Å²) in [6.45, 7) is 1.92. The molecule has 7 nitrogen and oxygen atoms in total. The summed E-state index contributed by atoms with van der Waals surface area (Å²) >= 11 is 0. The third kappa shape index (κ3) is 6.39. The predicted octanol–water partition coefficient (Wildman–Crippen LogP) is -0.297. The van der Waals surface area contributed by atoms with Crippen molar-refractivity contribution in [2.75, 3.05) is 31.2 Å². The molecule has 4 N–H and O–H groups in total. The van der Waals surface area contributed by atoms with Crippen LogP contribution < -0.4 is 20.5 Å². The molecule has 8 heteroatoms. The lowest BCUT2D eigenvalue weighted by atomic mass is 10.3. The quantitative estimate of drug-likeness (QED) is 0.571. The SMILES string of the molecule is CCNC(=O)CNS(=O)(=O)CCOc1cccc(N)c1. The van der Waals surface area contributed by atoms with Gasteiger partial charge in [-0.15, -0.1) is 0 Å². The number of hydrogen-bond donors (Lipinski definition) is 3. The smallest absolute Gasteiger partial charge is 0.235 e. The first-order valence-corrected chi connectivity index (χ1v) is 7.80. The highest BCUT2D eigenvalue weighted by Gasteiger charge is 2.12. The Morgan fingerprint density at radius 3 is 2.80 bits per heavy atom. The molecule has 1 amide bonds. The van der Waals surface area contributed by atoms with E-state index in [4.69, 9.17) is 10.5 Å². The molecule has 0 aliphatic heterocycles. The summed E-state index contributed by atoms with van der Waals surface area (Å²) in [6, 6.07) is 6.71. The lowest BCUT2D eigenvalue weighted by molar-refractivity contribution is -0.119. The molecule has 0 spiro atoms. The number of nitrogens with one attached hydrogen (secondary N) is 2. The zero-order chi connectivity index (χ0) is 15.0. The van der Waals surface area contributed by atoms with Crippen LogP contribution in [-0.4, -0.2) is 39.8 Å². The lowest BCUT2D eigenvalue weighted by Gasteiger charge is -2.08. The molecule has 1 rings (SSSR count). The van der Waals surface area contributed by atoms with Crippen LogP contribution in [0.5, 0.6) is 5.75 Å². The molecule has 20 heavy (non-hydrogen) atoms. The van der Waals surface area contributed by atoms with E-state index < -0.39 is 10.0 Å². The van der Waals surface area contributed by atoms with Crippen molar-refractivity contribution in [2.45, 2.75) is 6.92 Å². The van der Waals surface area contributed by atoms with Gasteiger partial charge in [-0.2, -0.15) is 0 Å². The molecule has 0 aliphatic rings. The van der Waals surface area contributed by atoms with Crippen LogP contribution in [0, 0.1) is 0 Å². The van der Waals surface area contributed by atoms with Crippen molar-refractivity contribution in [3.8, 4) is 5.75 Å². The fourth-order valence-corrected chi connectivity index (χ4v) is 2.18. The van der Waals surface area contributed by atoms with E-state index in [2.05, 4.69) is 10.0 Å². The van der Waals surface area contributed by atoms with Crippen LogP contribution in [0.2, 0.25) is 0 Å². The maximum atomic E-state index is 11.6. The second kappa shape index (κ2) is 7.71. The third-order valence-corrected chi connectivity index (χ3v) is 3.59. The minimum Gasteiger partial charge on any atom is -0.492 e. The van der Waals surface area contributed by atoms with E-state index in [1.165, 1.54) is 0 Å². The maximum absolute atomic E-state index is 11.6. The summed E-state index contributed by atoms with van der Waals surface area (Å²) in [6.07, 6.45) is 0. The Bertz CT molecular complexity index is 545. The van der Waals surface area contributed by atoms with Gasteiger partial charge in [-0.3, -0.25) is 4.79 Å². The van der Waals surface area contributed by atoms with E-state index >= 15 is 0 Å². The molecular weight excluding hydrogens is 282 g/mol. The molecule has 1 aromatic carbocycles. The number of benzene rings is 1. The van der Waals surface area contributed by atoms with Gasteiger partial charge in [0, 0.05) is 18.3 Å². The summed E-state index contributed by atoms with van der Waals surface area (Å²) in [5, 5.41) is 2.50. The molecule has 0 heterocycles. The van der Waals surface area contributed by atoms with Crippen molar-refractivity contribution < 1.29 is 17.9 Å². The lowest BCUT2D eigenvalue weighted by Crippen LogP contribution is -2.38. The first-order chi connectivity index (χ1) is 9.43. The van der Waals surface area contributed by atoms with Crippen molar-refractivity contribution in [1.29, 1.82) is 0 Å². The van der Waals surface area contributed by atoms with E-state index in [1.54, 1.807) is 31.2 Å². The van der Waals surface area contributed by atoms with Gasteiger partial charge in [0.1, 0.15) is 12.4 Å². The van der Waals surface area contributed by atoms with Gasteiger partial charge in [-0.1, -0.05) is 6.07 Å². The zero-order valence-electron chi connectivity index (χ0n) is 11.3. The van der Waals surface area contributed by atoms with Crippen molar-refractivity contribution in [1.82, 2.24) is 10.0 Å². The number of ether oxygens (including phenoxy) is 1. The molecule has 112 valence electrons. The van der Waals surface area contributed by atoms with E-state index in [-0.39, 0.29) is 24.8 Å². The second-order valence-electron chi connectivity index (χ2n) is 4.01. The highest BCUT2D eigenvalue weighted by atomic mass is 32.2. The van der Waals surface area contributed by atoms with Crippen molar-refractivity contribution in [2.24, 2.45) is 0 Å². The Labute approximate surface area is 118 Å². The van der Waals surface area contributed by atoms with Crippen molar-refractivity contribution in [3.05, 3.63) is 24.3 Å². The van der Waals surface area contributed by atoms with Crippen LogP contribution in [0.1, 0.15) is 6.92 Å². The number of rotatable bonds is 8. The zero-order valence-corrected chi connectivity index (χ0v) is 12.1. The number of amides is 1. The average molecular weight is 301 g/mol. The number of likely N-dealkylation sites (N-methyl/N-ethyl adjacent to an activating group) is 1. The Kier molecular flexibility index (Phi) is 6.26. The minimum atomic E-state index is -3.54. The average Bonchev–Trinajstić information content (AvgIpc) is 2.37. The molecule has 0 atom stereocenters. The fraction of sp³-hybridized carbons (Fsp3) is 0.417. The van der Waals surface area contributed by atoms with Gasteiger partial charge >= 0.3 is 0 Å². The Balaban J connectivity index is 2.34. The van der Waals surface area contributed by atoms with E-state index in [0.29, 0.717) is 18.0 Å². The van der Waals surface area contributed by atoms with Gasteiger partial charge in [0.2, 0.25) is 15.9 Å². The van der Waals surface area contributed by atoms with Gasteiger partial charge in [-0.25, -0.2) is 13.1 Å². The van der Waals surface area contributed by atoms with Gasteiger partial charge in [-0.05, 0) is 19.1 Å². The van der Waals surface area contributed by atoms with Gasteiger partial charge in [0.05, 0.1) is 12.3 Å². The Hall–Kier alpha value is -1.80. The second-order valence-corrected chi connectivity index (χ2v) is 5.94. The Morgan fingerprint density at radius 2 is 2.15 bits per heavy atom. The number of sulfonamides is 1.